The van der Waals surface area contributed by atoms with Crippen LogP contribution in [0, 0.1) is 0 Å². The van der Waals surface area contributed by atoms with Gasteiger partial charge < -0.3 is 5.11 Å². The van der Waals surface area contributed by atoms with Crippen molar-refractivity contribution in [3.63, 3.8) is 0 Å². The van der Waals surface area contributed by atoms with Gasteiger partial charge in [-0.3, -0.25) is 9.78 Å². The maximum atomic E-state index is 11.5. The Balaban J connectivity index is 2.35. The van der Waals surface area contributed by atoms with Crippen LogP contribution in [0.15, 0.2) is 47.5 Å². The van der Waals surface area contributed by atoms with Gasteiger partial charge in [-0.05, 0) is 23.8 Å². The van der Waals surface area contributed by atoms with Crippen molar-refractivity contribution in [1.29, 1.82) is 0 Å². The summed E-state index contributed by atoms with van der Waals surface area (Å²) in [6.45, 7) is 0. The van der Waals surface area contributed by atoms with Gasteiger partial charge in [0.2, 0.25) is 0 Å². The zero-order chi connectivity index (χ0) is 14.8. The fraction of sp³-hybridized carbons (Fsp3) is 0.143. The third kappa shape index (κ3) is 3.42. The molecule has 0 aliphatic carbocycles. The lowest BCUT2D eigenvalue weighted by Gasteiger charge is -2.05. The molecule has 20 heavy (non-hydrogen) atoms. The molecule has 5 nitrogen and oxygen atoms in total. The number of aliphatic carboxylic acids is 1. The molecule has 104 valence electrons. The summed E-state index contributed by atoms with van der Waals surface area (Å²) < 4.78 is 23.0. The molecular formula is C14H13NO4S. The van der Waals surface area contributed by atoms with Crippen LogP contribution in [0.25, 0.3) is 11.1 Å². The number of rotatable bonds is 4. The average molecular weight is 291 g/mol. The Morgan fingerprint density at radius 3 is 2.50 bits per heavy atom. The van der Waals surface area contributed by atoms with E-state index in [-0.39, 0.29) is 11.3 Å². The summed E-state index contributed by atoms with van der Waals surface area (Å²) in [6, 6.07) is 9.90. The molecule has 0 atom stereocenters. The van der Waals surface area contributed by atoms with Crippen molar-refractivity contribution in [2.75, 3.05) is 6.26 Å². The Morgan fingerprint density at radius 1 is 1.20 bits per heavy atom. The number of hydrogen-bond donors (Lipinski definition) is 1. The number of carbonyl (C=O) groups is 1. The maximum Gasteiger partial charge on any atom is 0.309 e. The van der Waals surface area contributed by atoms with Crippen molar-refractivity contribution >= 4 is 15.8 Å². The van der Waals surface area contributed by atoms with E-state index in [9.17, 15) is 13.2 Å². The number of sulfone groups is 1. The summed E-state index contributed by atoms with van der Waals surface area (Å²) in [6.07, 6.45) is 2.56. The molecule has 0 aliphatic rings. The molecule has 2 rings (SSSR count). The molecule has 0 bridgehead atoms. The van der Waals surface area contributed by atoms with E-state index < -0.39 is 15.8 Å². The first kappa shape index (κ1) is 14.2. The molecule has 0 radical (unpaired) electrons. The van der Waals surface area contributed by atoms with Crippen LogP contribution < -0.4 is 0 Å². The van der Waals surface area contributed by atoms with Gasteiger partial charge in [0.05, 0.1) is 17.0 Å². The predicted molar refractivity (Wildman–Crippen MR) is 74.1 cm³/mol. The summed E-state index contributed by atoms with van der Waals surface area (Å²) in [5.74, 6) is -0.940. The van der Waals surface area contributed by atoms with Gasteiger partial charge in [-0.2, -0.15) is 0 Å². The highest BCUT2D eigenvalue weighted by molar-refractivity contribution is 7.90. The van der Waals surface area contributed by atoms with E-state index in [1.807, 2.05) is 0 Å². The number of hydrogen-bond acceptors (Lipinski definition) is 4. The number of carboxylic acid groups (broad SMARTS) is 1. The molecule has 0 spiro atoms. The van der Waals surface area contributed by atoms with Crippen LogP contribution in [0.3, 0.4) is 0 Å². The molecule has 0 aliphatic heterocycles. The third-order valence-electron chi connectivity index (χ3n) is 2.75. The lowest BCUT2D eigenvalue weighted by molar-refractivity contribution is -0.136. The fourth-order valence-corrected chi connectivity index (χ4v) is 2.43. The lowest BCUT2D eigenvalue weighted by atomic mass is 10.1. The quantitative estimate of drug-likeness (QED) is 0.928. The highest BCUT2D eigenvalue weighted by Gasteiger charge is 2.09. The molecule has 0 amide bonds. The molecule has 1 heterocycles. The fourth-order valence-electron chi connectivity index (χ4n) is 1.76. The van der Waals surface area contributed by atoms with Crippen LogP contribution >= 0.6 is 0 Å². The molecule has 1 aromatic heterocycles. The lowest BCUT2D eigenvalue weighted by Crippen LogP contribution is -2.02. The molecule has 6 heteroatoms. The summed E-state index contributed by atoms with van der Waals surface area (Å²) in [5, 5.41) is 8.67. The smallest absolute Gasteiger partial charge is 0.309 e. The van der Waals surface area contributed by atoms with Gasteiger partial charge in [0.25, 0.3) is 0 Å². The first-order valence-corrected chi connectivity index (χ1v) is 7.72. The van der Waals surface area contributed by atoms with Crippen molar-refractivity contribution in [1.82, 2.24) is 4.98 Å². The Labute approximate surface area is 116 Å². The first-order chi connectivity index (χ1) is 9.36. The molecule has 2 aromatic rings. The second-order valence-electron chi connectivity index (χ2n) is 4.41. The molecule has 1 N–H and O–H groups in total. The van der Waals surface area contributed by atoms with E-state index in [0.717, 1.165) is 17.4 Å². The van der Waals surface area contributed by atoms with Gasteiger partial charge in [-0.25, -0.2) is 8.42 Å². The zero-order valence-electron chi connectivity index (χ0n) is 10.8. The van der Waals surface area contributed by atoms with Crippen molar-refractivity contribution in [3.05, 3.63) is 48.3 Å². The number of benzene rings is 1. The van der Waals surface area contributed by atoms with Crippen LogP contribution in [-0.4, -0.2) is 30.7 Å². The van der Waals surface area contributed by atoms with Crippen molar-refractivity contribution < 1.29 is 18.3 Å². The number of carboxylic acids is 1. The van der Waals surface area contributed by atoms with E-state index in [4.69, 9.17) is 5.11 Å². The Kier molecular flexibility index (Phi) is 3.85. The van der Waals surface area contributed by atoms with Gasteiger partial charge in [0.1, 0.15) is 0 Å². The Morgan fingerprint density at radius 2 is 1.95 bits per heavy atom. The highest BCUT2D eigenvalue weighted by atomic mass is 32.2. The molecule has 0 unspecified atom stereocenters. The van der Waals surface area contributed by atoms with Crippen molar-refractivity contribution in [2.45, 2.75) is 11.3 Å². The van der Waals surface area contributed by atoms with Crippen LogP contribution in [-0.2, 0) is 21.1 Å². The van der Waals surface area contributed by atoms with Crippen molar-refractivity contribution in [2.24, 2.45) is 0 Å². The summed E-state index contributed by atoms with van der Waals surface area (Å²) in [7, 11) is -3.26. The third-order valence-corrected chi connectivity index (χ3v) is 3.86. The van der Waals surface area contributed by atoms with E-state index >= 15 is 0 Å². The van der Waals surface area contributed by atoms with Gasteiger partial charge in [-0.1, -0.05) is 18.2 Å². The van der Waals surface area contributed by atoms with Gasteiger partial charge in [0.15, 0.2) is 9.84 Å². The molecule has 0 saturated carbocycles. The van der Waals surface area contributed by atoms with Crippen LogP contribution in [0.4, 0.5) is 0 Å². The minimum Gasteiger partial charge on any atom is -0.481 e. The topological polar surface area (TPSA) is 84.3 Å². The highest BCUT2D eigenvalue weighted by Crippen LogP contribution is 2.22. The monoisotopic (exact) mass is 291 g/mol. The second-order valence-corrected chi connectivity index (χ2v) is 6.42. The summed E-state index contributed by atoms with van der Waals surface area (Å²) >= 11 is 0. The minimum atomic E-state index is -3.26. The summed E-state index contributed by atoms with van der Waals surface area (Å²) in [4.78, 5) is 14.9. The number of nitrogens with zero attached hydrogens (tertiary/aromatic N) is 1. The van der Waals surface area contributed by atoms with Gasteiger partial charge >= 0.3 is 5.97 Å². The largest absolute Gasteiger partial charge is 0.481 e. The number of pyridine rings is 1. The first-order valence-electron chi connectivity index (χ1n) is 5.83. The average Bonchev–Trinajstić information content (AvgIpc) is 2.38. The van der Waals surface area contributed by atoms with E-state index in [1.54, 1.807) is 36.5 Å². The standard InChI is InChI=1S/C14H13NO4S/c1-20(18,19)13-4-2-3-10(7-13)11-5-6-12(15-9-11)8-14(16)17/h2-7,9H,8H2,1H3,(H,16,17). The van der Waals surface area contributed by atoms with Gasteiger partial charge in [0, 0.05) is 18.0 Å². The van der Waals surface area contributed by atoms with E-state index in [0.29, 0.717) is 5.69 Å². The van der Waals surface area contributed by atoms with Crippen molar-refractivity contribution in [3.8, 4) is 11.1 Å². The Bertz CT molecular complexity index is 736. The molecule has 0 saturated heterocycles. The molecular weight excluding hydrogens is 278 g/mol. The Hall–Kier alpha value is -2.21. The predicted octanol–water partition coefficient (Wildman–Crippen LogP) is 1.78. The van der Waals surface area contributed by atoms with E-state index in [1.165, 1.54) is 6.07 Å². The van der Waals surface area contributed by atoms with E-state index in [2.05, 4.69) is 4.98 Å². The second kappa shape index (κ2) is 5.42. The minimum absolute atomic E-state index is 0.135. The zero-order valence-corrected chi connectivity index (χ0v) is 11.6. The van der Waals surface area contributed by atoms with Crippen LogP contribution in [0.2, 0.25) is 0 Å². The SMILES string of the molecule is CS(=O)(=O)c1cccc(-c2ccc(CC(=O)O)nc2)c1. The van der Waals surface area contributed by atoms with Gasteiger partial charge in [-0.15, -0.1) is 0 Å². The maximum absolute atomic E-state index is 11.5. The summed E-state index contributed by atoms with van der Waals surface area (Å²) in [5.41, 5.74) is 1.92. The molecule has 1 aromatic carbocycles. The molecule has 0 fully saturated rings. The van der Waals surface area contributed by atoms with Crippen LogP contribution in [0.1, 0.15) is 5.69 Å². The number of aromatic nitrogens is 1. The normalized spacial score (nSPS) is 11.2. The van der Waals surface area contributed by atoms with Crippen LogP contribution in [0.5, 0.6) is 0 Å².